The number of carbonyl (C=O) groups is 1. The number of carbonyl (C=O) groups excluding carboxylic acids is 1. The normalized spacial score (nSPS) is 14.5. The molecular weight excluding hydrogens is 387 g/mol. The molecule has 2 heterocycles. The molecule has 1 saturated heterocycles. The highest BCUT2D eigenvalue weighted by molar-refractivity contribution is 5.79. The summed E-state index contributed by atoms with van der Waals surface area (Å²) in [4.78, 5) is 19.0. The van der Waals surface area contributed by atoms with E-state index in [9.17, 15) is 9.18 Å². The largest absolute Gasteiger partial charge is 0.497 e. The van der Waals surface area contributed by atoms with Crippen molar-refractivity contribution in [2.45, 2.75) is 19.4 Å². The number of hydrogen-bond acceptors (Lipinski definition) is 6. The number of ether oxygens (including phenoxy) is 1. The van der Waals surface area contributed by atoms with Crippen molar-refractivity contribution in [2.75, 3.05) is 25.1 Å². The van der Waals surface area contributed by atoms with Crippen LogP contribution < -0.4 is 15.0 Å². The van der Waals surface area contributed by atoms with Crippen LogP contribution in [0, 0.1) is 11.7 Å². The van der Waals surface area contributed by atoms with Crippen LogP contribution in [-0.4, -0.2) is 36.2 Å². The van der Waals surface area contributed by atoms with E-state index < -0.39 is 0 Å². The van der Waals surface area contributed by atoms with Gasteiger partial charge in [-0.15, -0.1) is 0 Å². The number of piperidine rings is 1. The average Bonchev–Trinajstić information content (AvgIpc) is 3.29. The third-order valence-electron chi connectivity index (χ3n) is 5.26. The number of anilines is 1. The number of hydrogen-bond donors (Lipinski definition) is 1. The third kappa shape index (κ3) is 4.59. The average molecular weight is 410 g/mol. The lowest BCUT2D eigenvalue weighted by atomic mass is 9.96. The van der Waals surface area contributed by atoms with Crippen LogP contribution in [0.1, 0.15) is 18.4 Å². The first-order valence-corrected chi connectivity index (χ1v) is 9.87. The van der Waals surface area contributed by atoms with E-state index in [1.807, 2.05) is 29.2 Å². The zero-order chi connectivity index (χ0) is 20.9. The van der Waals surface area contributed by atoms with Gasteiger partial charge in [0.25, 0.3) is 0 Å². The van der Waals surface area contributed by atoms with Crippen LogP contribution >= 0.6 is 0 Å². The number of methoxy groups -OCH3 is 1. The highest BCUT2D eigenvalue weighted by Gasteiger charge is 2.27. The van der Waals surface area contributed by atoms with E-state index in [1.165, 1.54) is 12.1 Å². The predicted octanol–water partition coefficient (Wildman–Crippen LogP) is 3.42. The SMILES string of the molecule is COc1cccc(-c2noc(N3CCC(C(=O)NCc4ccc(F)cc4)CC3)n2)c1. The van der Waals surface area contributed by atoms with Gasteiger partial charge in [-0.05, 0) is 42.7 Å². The molecule has 1 fully saturated rings. The van der Waals surface area contributed by atoms with Crippen molar-refractivity contribution in [1.29, 1.82) is 0 Å². The topological polar surface area (TPSA) is 80.5 Å². The number of halogens is 1. The lowest BCUT2D eigenvalue weighted by Gasteiger charge is -2.29. The zero-order valence-electron chi connectivity index (χ0n) is 16.7. The Morgan fingerprint density at radius 3 is 2.73 bits per heavy atom. The molecule has 1 aliphatic heterocycles. The van der Waals surface area contributed by atoms with Gasteiger partial charge in [0.1, 0.15) is 11.6 Å². The molecule has 1 aliphatic rings. The molecule has 0 atom stereocenters. The summed E-state index contributed by atoms with van der Waals surface area (Å²) >= 11 is 0. The van der Waals surface area contributed by atoms with Crippen molar-refractivity contribution in [3.05, 3.63) is 59.9 Å². The Labute approximate surface area is 173 Å². The maximum atomic E-state index is 13.0. The van der Waals surface area contributed by atoms with Crippen LogP contribution in [0.3, 0.4) is 0 Å². The molecule has 156 valence electrons. The molecule has 8 heteroatoms. The molecule has 0 bridgehead atoms. The first-order chi connectivity index (χ1) is 14.6. The Morgan fingerprint density at radius 1 is 1.23 bits per heavy atom. The molecule has 7 nitrogen and oxygen atoms in total. The van der Waals surface area contributed by atoms with Gasteiger partial charge in [-0.2, -0.15) is 4.98 Å². The quantitative estimate of drug-likeness (QED) is 0.671. The van der Waals surface area contributed by atoms with Crippen LogP contribution in [0.15, 0.2) is 53.1 Å². The first-order valence-electron chi connectivity index (χ1n) is 9.87. The highest BCUT2D eigenvalue weighted by atomic mass is 19.1. The van der Waals surface area contributed by atoms with Crippen molar-refractivity contribution < 1.29 is 18.4 Å². The predicted molar refractivity (Wildman–Crippen MR) is 109 cm³/mol. The fourth-order valence-corrected chi connectivity index (χ4v) is 3.49. The molecule has 1 aromatic heterocycles. The number of amides is 1. The number of rotatable bonds is 6. The summed E-state index contributed by atoms with van der Waals surface area (Å²) in [7, 11) is 1.61. The maximum absolute atomic E-state index is 13.0. The molecule has 2 aromatic carbocycles. The minimum atomic E-state index is -0.284. The van der Waals surface area contributed by atoms with Crippen LogP contribution in [0.5, 0.6) is 5.75 Å². The van der Waals surface area contributed by atoms with Crippen molar-refractivity contribution in [3.8, 4) is 17.1 Å². The molecule has 1 N–H and O–H groups in total. The Morgan fingerprint density at radius 2 is 2.00 bits per heavy atom. The minimum absolute atomic E-state index is 0.0153. The molecule has 4 rings (SSSR count). The summed E-state index contributed by atoms with van der Waals surface area (Å²) in [6.45, 7) is 1.72. The summed E-state index contributed by atoms with van der Waals surface area (Å²) < 4.78 is 23.6. The van der Waals surface area contributed by atoms with Gasteiger partial charge in [0.15, 0.2) is 0 Å². The molecule has 1 amide bonds. The van der Waals surface area contributed by atoms with E-state index in [-0.39, 0.29) is 17.6 Å². The van der Waals surface area contributed by atoms with E-state index in [0.717, 1.165) is 16.9 Å². The molecular formula is C22H23FN4O3. The van der Waals surface area contributed by atoms with Gasteiger partial charge < -0.3 is 19.5 Å². The lowest BCUT2D eigenvalue weighted by molar-refractivity contribution is -0.125. The van der Waals surface area contributed by atoms with Crippen LogP contribution in [-0.2, 0) is 11.3 Å². The molecule has 0 spiro atoms. The van der Waals surface area contributed by atoms with E-state index >= 15 is 0 Å². The summed E-state index contributed by atoms with van der Waals surface area (Å²) in [5, 5.41) is 7.01. The van der Waals surface area contributed by atoms with Gasteiger partial charge in [-0.1, -0.05) is 29.4 Å². The van der Waals surface area contributed by atoms with Gasteiger partial charge in [0.2, 0.25) is 11.7 Å². The fraction of sp³-hybridized carbons (Fsp3) is 0.318. The second-order valence-corrected chi connectivity index (χ2v) is 7.24. The van der Waals surface area contributed by atoms with Crippen LogP contribution in [0.25, 0.3) is 11.4 Å². The second kappa shape index (κ2) is 8.94. The molecule has 0 unspecified atom stereocenters. The first kappa shape index (κ1) is 19.9. The van der Waals surface area contributed by atoms with Crippen molar-refractivity contribution in [2.24, 2.45) is 5.92 Å². The Balaban J connectivity index is 1.30. The van der Waals surface area contributed by atoms with E-state index in [2.05, 4.69) is 15.5 Å². The standard InChI is InChI=1S/C22H23FN4O3/c1-29-19-4-2-3-17(13-19)20-25-22(30-26-20)27-11-9-16(10-12-27)21(28)24-14-15-5-7-18(23)8-6-15/h2-8,13,16H,9-12,14H2,1H3,(H,24,28). The maximum Gasteiger partial charge on any atom is 0.324 e. The summed E-state index contributed by atoms with van der Waals surface area (Å²) in [6, 6.07) is 14.1. The van der Waals surface area contributed by atoms with E-state index in [4.69, 9.17) is 9.26 Å². The van der Waals surface area contributed by atoms with E-state index in [1.54, 1.807) is 19.2 Å². The van der Waals surface area contributed by atoms with Gasteiger partial charge in [-0.3, -0.25) is 4.79 Å². The zero-order valence-corrected chi connectivity index (χ0v) is 16.7. The lowest BCUT2D eigenvalue weighted by Crippen LogP contribution is -2.40. The van der Waals surface area contributed by atoms with Crippen LogP contribution in [0.4, 0.5) is 10.4 Å². The molecule has 0 saturated carbocycles. The molecule has 0 radical (unpaired) electrons. The number of benzene rings is 2. The summed E-state index contributed by atoms with van der Waals surface area (Å²) in [6.07, 6.45) is 1.40. The Kier molecular flexibility index (Phi) is 5.92. The smallest absolute Gasteiger partial charge is 0.324 e. The van der Waals surface area contributed by atoms with Crippen molar-refractivity contribution in [1.82, 2.24) is 15.5 Å². The van der Waals surface area contributed by atoms with Gasteiger partial charge in [-0.25, -0.2) is 4.39 Å². The summed E-state index contributed by atoms with van der Waals surface area (Å²) in [5.41, 5.74) is 1.69. The molecule has 0 aliphatic carbocycles. The molecule has 3 aromatic rings. The van der Waals surface area contributed by atoms with Gasteiger partial charge in [0.05, 0.1) is 7.11 Å². The monoisotopic (exact) mass is 410 g/mol. The van der Waals surface area contributed by atoms with Gasteiger partial charge in [0, 0.05) is 31.1 Å². The highest BCUT2D eigenvalue weighted by Crippen LogP contribution is 2.26. The number of nitrogens with one attached hydrogen (secondary N) is 1. The number of nitrogens with zero attached hydrogens (tertiary/aromatic N) is 3. The van der Waals surface area contributed by atoms with Crippen LogP contribution in [0.2, 0.25) is 0 Å². The van der Waals surface area contributed by atoms with Gasteiger partial charge >= 0.3 is 6.01 Å². The second-order valence-electron chi connectivity index (χ2n) is 7.24. The Hall–Kier alpha value is -3.42. The van der Waals surface area contributed by atoms with Crippen molar-refractivity contribution >= 4 is 11.9 Å². The Bertz CT molecular complexity index is 998. The third-order valence-corrected chi connectivity index (χ3v) is 5.26. The molecule has 30 heavy (non-hydrogen) atoms. The van der Waals surface area contributed by atoms with Crippen molar-refractivity contribution in [3.63, 3.8) is 0 Å². The number of aromatic nitrogens is 2. The summed E-state index contributed by atoms with van der Waals surface area (Å²) in [5.74, 6) is 0.895. The minimum Gasteiger partial charge on any atom is -0.497 e. The fourth-order valence-electron chi connectivity index (χ4n) is 3.49. The van der Waals surface area contributed by atoms with E-state index in [0.29, 0.717) is 44.3 Å².